The lowest BCUT2D eigenvalue weighted by atomic mass is 10.0. The van der Waals surface area contributed by atoms with Crippen LogP contribution in [0.15, 0.2) is 34.8 Å². The molecule has 1 fully saturated rings. The van der Waals surface area contributed by atoms with Crippen molar-refractivity contribution in [3.05, 3.63) is 40.5 Å². The standard InChI is InChI=1S/C24H27BrFN3O6/c1-13(2)20(28-23(33)34-4)21(31)29-12-24(3,26)10-18(29)22(32)35-11-19(30)17-7-5-14-9-15(25)6-8-16(14)27-17/h5-9,13,18,20H,10-12H2,1-4H3,(H,28,33)/t18?,20-,24?/m0/s1. The maximum atomic E-state index is 14.9. The highest BCUT2D eigenvalue weighted by molar-refractivity contribution is 9.10. The van der Waals surface area contributed by atoms with Crippen LogP contribution in [0.25, 0.3) is 10.9 Å². The Morgan fingerprint density at radius 2 is 1.97 bits per heavy atom. The predicted molar refractivity (Wildman–Crippen MR) is 129 cm³/mol. The molecular weight excluding hydrogens is 525 g/mol. The molecule has 188 valence electrons. The van der Waals surface area contributed by atoms with E-state index >= 15 is 0 Å². The number of aromatic nitrogens is 1. The van der Waals surface area contributed by atoms with Gasteiger partial charge in [0.05, 0.1) is 19.2 Å². The van der Waals surface area contributed by atoms with E-state index in [0.717, 1.165) is 21.9 Å². The van der Waals surface area contributed by atoms with Crippen LogP contribution in [0.5, 0.6) is 0 Å². The summed E-state index contributed by atoms with van der Waals surface area (Å²) < 4.78 is 25.5. The number of carbonyl (C=O) groups excluding carboxylic acids is 4. The molecule has 0 spiro atoms. The first-order valence-corrected chi connectivity index (χ1v) is 11.8. The SMILES string of the molecule is COC(=O)N[C@H](C(=O)N1CC(C)(F)CC1C(=O)OCC(=O)c1ccc2cc(Br)ccc2n1)C(C)C. The molecule has 2 amide bonds. The topological polar surface area (TPSA) is 115 Å². The molecule has 3 rings (SSSR count). The molecule has 1 saturated heterocycles. The molecule has 3 atom stereocenters. The van der Waals surface area contributed by atoms with Gasteiger partial charge < -0.3 is 19.7 Å². The molecule has 11 heteroatoms. The normalized spacial score (nSPS) is 20.5. The van der Waals surface area contributed by atoms with Crippen molar-refractivity contribution in [2.24, 2.45) is 5.92 Å². The van der Waals surface area contributed by atoms with E-state index in [1.165, 1.54) is 13.0 Å². The summed E-state index contributed by atoms with van der Waals surface area (Å²) in [6.07, 6.45) is -1.11. The zero-order valence-corrected chi connectivity index (χ0v) is 21.4. The maximum absolute atomic E-state index is 14.9. The quantitative estimate of drug-likeness (QED) is 0.414. The van der Waals surface area contributed by atoms with E-state index in [2.05, 4.69) is 31.0 Å². The van der Waals surface area contributed by atoms with E-state index in [9.17, 15) is 23.6 Å². The number of hydrogen-bond acceptors (Lipinski definition) is 7. The molecule has 2 heterocycles. The van der Waals surface area contributed by atoms with Crippen molar-refractivity contribution in [3.63, 3.8) is 0 Å². The van der Waals surface area contributed by atoms with Gasteiger partial charge in [-0.05, 0) is 37.1 Å². The number of amides is 2. The molecule has 1 aromatic heterocycles. The number of carbonyl (C=O) groups is 4. The number of fused-ring (bicyclic) bond motifs is 1. The zero-order chi connectivity index (χ0) is 25.9. The van der Waals surface area contributed by atoms with E-state index < -0.39 is 48.1 Å². The van der Waals surface area contributed by atoms with Crippen molar-refractivity contribution >= 4 is 50.6 Å². The molecule has 35 heavy (non-hydrogen) atoms. The third-order valence-electron chi connectivity index (χ3n) is 5.72. The Labute approximate surface area is 210 Å². The first-order chi connectivity index (χ1) is 16.4. The van der Waals surface area contributed by atoms with Crippen LogP contribution in [0.1, 0.15) is 37.7 Å². The number of benzene rings is 1. The van der Waals surface area contributed by atoms with E-state index in [1.807, 2.05) is 6.07 Å². The number of alkyl halides is 1. The molecule has 1 aliphatic heterocycles. The zero-order valence-electron chi connectivity index (χ0n) is 19.8. The van der Waals surface area contributed by atoms with Crippen molar-refractivity contribution in [3.8, 4) is 0 Å². The van der Waals surface area contributed by atoms with Crippen molar-refractivity contribution in [1.29, 1.82) is 0 Å². The van der Waals surface area contributed by atoms with Crippen LogP contribution >= 0.6 is 15.9 Å². The van der Waals surface area contributed by atoms with Gasteiger partial charge in [-0.15, -0.1) is 0 Å². The summed E-state index contributed by atoms with van der Waals surface area (Å²) in [7, 11) is 1.16. The minimum atomic E-state index is -1.84. The number of nitrogens with one attached hydrogen (secondary N) is 1. The number of Topliss-reactive ketones (excluding diaryl/α,β-unsaturated/α-hetero) is 1. The van der Waals surface area contributed by atoms with Crippen LogP contribution in [0.3, 0.4) is 0 Å². The third-order valence-corrected chi connectivity index (χ3v) is 6.22. The van der Waals surface area contributed by atoms with Gasteiger partial charge in [0.15, 0.2) is 6.61 Å². The Morgan fingerprint density at radius 3 is 2.63 bits per heavy atom. The number of esters is 1. The van der Waals surface area contributed by atoms with Gasteiger partial charge in [0, 0.05) is 16.3 Å². The van der Waals surface area contributed by atoms with Gasteiger partial charge in [0.25, 0.3) is 0 Å². The summed E-state index contributed by atoms with van der Waals surface area (Å²) >= 11 is 3.37. The molecule has 1 aliphatic rings. The molecule has 1 N–H and O–H groups in total. The highest BCUT2D eigenvalue weighted by Gasteiger charge is 2.49. The lowest BCUT2D eigenvalue weighted by Gasteiger charge is -2.29. The largest absolute Gasteiger partial charge is 0.456 e. The first kappa shape index (κ1) is 26.5. The summed E-state index contributed by atoms with van der Waals surface area (Å²) in [4.78, 5) is 55.6. The highest BCUT2D eigenvalue weighted by atomic mass is 79.9. The lowest BCUT2D eigenvalue weighted by molar-refractivity contribution is -0.153. The number of methoxy groups -OCH3 is 1. The number of ketones is 1. The van der Waals surface area contributed by atoms with E-state index in [-0.39, 0.29) is 24.6 Å². The monoisotopic (exact) mass is 551 g/mol. The Bertz CT molecular complexity index is 1160. The van der Waals surface area contributed by atoms with Crippen molar-refractivity contribution in [2.75, 3.05) is 20.3 Å². The fraction of sp³-hybridized carbons (Fsp3) is 0.458. The number of halogens is 2. The number of rotatable bonds is 7. The Morgan fingerprint density at radius 1 is 1.26 bits per heavy atom. The lowest BCUT2D eigenvalue weighted by Crippen LogP contribution is -2.54. The fourth-order valence-corrected chi connectivity index (χ4v) is 4.30. The second-order valence-electron chi connectivity index (χ2n) is 9.02. The van der Waals surface area contributed by atoms with Crippen LogP contribution in [-0.2, 0) is 19.1 Å². The average Bonchev–Trinajstić information content (AvgIpc) is 3.15. The molecule has 2 aromatic rings. The number of nitrogens with zero attached hydrogens (tertiary/aromatic N) is 2. The van der Waals surface area contributed by atoms with E-state index in [4.69, 9.17) is 4.74 Å². The van der Waals surface area contributed by atoms with Crippen molar-refractivity contribution in [2.45, 2.75) is 44.9 Å². The number of likely N-dealkylation sites (tertiary alicyclic amines) is 1. The average molecular weight is 552 g/mol. The molecule has 0 radical (unpaired) electrons. The van der Waals surface area contributed by atoms with Crippen LogP contribution < -0.4 is 5.32 Å². The third kappa shape index (κ3) is 6.33. The van der Waals surface area contributed by atoms with Gasteiger partial charge in [0.2, 0.25) is 11.7 Å². The summed E-state index contributed by atoms with van der Waals surface area (Å²) in [6.45, 7) is 3.72. The molecular formula is C24H27BrFN3O6. The van der Waals surface area contributed by atoms with Crippen LogP contribution in [0, 0.1) is 5.92 Å². The van der Waals surface area contributed by atoms with Crippen LogP contribution in [-0.4, -0.2) is 71.7 Å². The first-order valence-electron chi connectivity index (χ1n) is 11.0. The smallest absolute Gasteiger partial charge is 0.407 e. The van der Waals surface area contributed by atoms with Gasteiger partial charge in [-0.2, -0.15) is 0 Å². The number of pyridine rings is 1. The van der Waals surface area contributed by atoms with Gasteiger partial charge >= 0.3 is 12.1 Å². The van der Waals surface area contributed by atoms with E-state index in [1.54, 1.807) is 32.0 Å². The number of hydrogen-bond donors (Lipinski definition) is 1. The summed E-state index contributed by atoms with van der Waals surface area (Å²) in [5, 5.41) is 3.26. The molecule has 2 unspecified atom stereocenters. The summed E-state index contributed by atoms with van der Waals surface area (Å²) in [6, 6.07) is 6.39. The van der Waals surface area contributed by atoms with Crippen molar-refractivity contribution in [1.82, 2.24) is 15.2 Å². The Hall–Kier alpha value is -3.08. The Kier molecular flexibility index (Phi) is 8.09. The van der Waals surface area contributed by atoms with Crippen molar-refractivity contribution < 1.29 is 33.0 Å². The van der Waals surface area contributed by atoms with Gasteiger partial charge in [-0.25, -0.2) is 19.0 Å². The number of ether oxygens (including phenoxy) is 2. The van der Waals surface area contributed by atoms with Gasteiger partial charge in [-0.1, -0.05) is 35.8 Å². The molecule has 0 aliphatic carbocycles. The van der Waals surface area contributed by atoms with E-state index in [0.29, 0.717) is 5.52 Å². The molecule has 9 nitrogen and oxygen atoms in total. The second kappa shape index (κ2) is 10.7. The van der Waals surface area contributed by atoms with Gasteiger partial charge in [0.1, 0.15) is 23.4 Å². The number of alkyl carbamates (subject to hydrolysis) is 1. The summed E-state index contributed by atoms with van der Waals surface area (Å²) in [5.74, 6) is -2.43. The van der Waals surface area contributed by atoms with Crippen LogP contribution in [0.2, 0.25) is 0 Å². The fourth-order valence-electron chi connectivity index (χ4n) is 3.92. The minimum absolute atomic E-state index is 0.115. The second-order valence-corrected chi connectivity index (χ2v) is 9.94. The molecule has 0 bridgehead atoms. The highest BCUT2D eigenvalue weighted by Crippen LogP contribution is 2.32. The van der Waals surface area contributed by atoms with Gasteiger partial charge in [-0.3, -0.25) is 9.59 Å². The minimum Gasteiger partial charge on any atom is -0.456 e. The molecule has 1 aromatic carbocycles. The summed E-state index contributed by atoms with van der Waals surface area (Å²) in [5.41, 5.74) is -1.13. The Balaban J connectivity index is 1.71. The predicted octanol–water partition coefficient (Wildman–Crippen LogP) is 3.43. The molecule has 0 saturated carbocycles. The van der Waals surface area contributed by atoms with Crippen LogP contribution in [0.4, 0.5) is 9.18 Å². The maximum Gasteiger partial charge on any atom is 0.407 e.